The third kappa shape index (κ3) is 3.66. The predicted molar refractivity (Wildman–Crippen MR) is 95.9 cm³/mol. The minimum Gasteiger partial charge on any atom is -0.493 e. The molecule has 158 valence electrons. The number of phosphoric ester groups is 1. The summed E-state index contributed by atoms with van der Waals surface area (Å²) in [5.41, 5.74) is 6.14. The molecule has 13 heteroatoms. The Morgan fingerprint density at radius 2 is 1.87 bits per heavy atom. The number of ketones is 2. The quantitative estimate of drug-likeness (QED) is 0.499. The third-order valence-corrected chi connectivity index (χ3v) is 5.92. The van der Waals surface area contributed by atoms with Crippen LogP contribution < -0.4 is 5.73 Å². The highest BCUT2D eigenvalue weighted by molar-refractivity contribution is 7.48. The number of imidazole rings is 1. The van der Waals surface area contributed by atoms with Gasteiger partial charge in [-0.25, -0.2) is 9.55 Å². The summed E-state index contributed by atoms with van der Waals surface area (Å²) in [6, 6.07) is 7.18. The van der Waals surface area contributed by atoms with Gasteiger partial charge in [0, 0.05) is 0 Å². The molecule has 4 rings (SSSR count). The lowest BCUT2D eigenvalue weighted by Crippen LogP contribution is -2.25. The SMILES string of the molecule is NC(=O)c1ncn([C@@H]2O[C@H](COP3(=O)OCc4ccccc4CO3)C(=O)C2=O)c1O. The molecule has 3 heterocycles. The zero-order valence-electron chi connectivity index (χ0n) is 15.3. The van der Waals surface area contributed by atoms with Gasteiger partial charge in [-0.2, -0.15) is 0 Å². The van der Waals surface area contributed by atoms with Crippen LogP contribution in [0.15, 0.2) is 30.6 Å². The molecule has 3 N–H and O–H groups in total. The zero-order chi connectivity index (χ0) is 21.5. The highest BCUT2D eigenvalue weighted by atomic mass is 31.2. The Morgan fingerprint density at radius 3 is 2.43 bits per heavy atom. The van der Waals surface area contributed by atoms with E-state index in [1.54, 1.807) is 24.3 Å². The molecule has 2 aliphatic rings. The number of nitrogens with two attached hydrogens (primary N) is 1. The predicted octanol–water partition coefficient (Wildman–Crippen LogP) is 0.595. The molecule has 0 unspecified atom stereocenters. The summed E-state index contributed by atoms with van der Waals surface area (Å²) in [4.78, 5) is 39.3. The number of rotatable bonds is 5. The fourth-order valence-electron chi connectivity index (χ4n) is 2.97. The molecule has 1 saturated heterocycles. The monoisotopic (exact) mass is 437 g/mol. The third-order valence-electron chi connectivity index (χ3n) is 4.57. The van der Waals surface area contributed by atoms with E-state index in [0.717, 1.165) is 22.0 Å². The van der Waals surface area contributed by atoms with Gasteiger partial charge in [0.25, 0.3) is 11.7 Å². The van der Waals surface area contributed by atoms with Gasteiger partial charge in [-0.15, -0.1) is 0 Å². The Bertz CT molecular complexity index is 1050. The molecular formula is C17H16N3O9P. The summed E-state index contributed by atoms with van der Waals surface area (Å²) in [5.74, 6) is -3.74. The number of fused-ring (bicyclic) bond motifs is 1. The van der Waals surface area contributed by atoms with Crippen molar-refractivity contribution in [2.24, 2.45) is 5.73 Å². The molecule has 2 aliphatic heterocycles. The second-order valence-electron chi connectivity index (χ2n) is 6.45. The summed E-state index contributed by atoms with van der Waals surface area (Å²) in [6.07, 6.45) is -2.07. The first-order valence-electron chi connectivity index (χ1n) is 8.68. The lowest BCUT2D eigenvalue weighted by Gasteiger charge is -2.17. The Hall–Kier alpha value is -2.89. The molecule has 0 radical (unpaired) electrons. The van der Waals surface area contributed by atoms with Crippen LogP contribution in [-0.4, -0.2) is 44.8 Å². The fraction of sp³-hybridized carbons (Fsp3) is 0.294. The first-order valence-corrected chi connectivity index (χ1v) is 10.1. The highest BCUT2D eigenvalue weighted by Gasteiger charge is 2.46. The van der Waals surface area contributed by atoms with Gasteiger partial charge in [-0.05, 0) is 11.1 Å². The van der Waals surface area contributed by atoms with Gasteiger partial charge >= 0.3 is 7.82 Å². The van der Waals surface area contributed by atoms with E-state index in [0.29, 0.717) is 0 Å². The number of amides is 1. The van der Waals surface area contributed by atoms with Crippen molar-refractivity contribution in [3.8, 4) is 5.88 Å². The normalized spacial score (nSPS) is 23.2. The summed E-state index contributed by atoms with van der Waals surface area (Å²) >= 11 is 0. The Balaban J connectivity index is 1.43. The number of ether oxygens (including phenoxy) is 1. The molecule has 1 fully saturated rings. The van der Waals surface area contributed by atoms with Crippen LogP contribution in [0.2, 0.25) is 0 Å². The molecule has 0 spiro atoms. The second kappa shape index (κ2) is 7.74. The van der Waals surface area contributed by atoms with Gasteiger partial charge < -0.3 is 15.6 Å². The van der Waals surface area contributed by atoms with Crippen LogP contribution in [0.5, 0.6) is 5.88 Å². The summed E-state index contributed by atoms with van der Waals surface area (Å²) in [6.45, 7) is -0.632. The number of carbonyl (C=O) groups is 3. The van der Waals surface area contributed by atoms with Gasteiger partial charge in [0.05, 0.1) is 19.8 Å². The van der Waals surface area contributed by atoms with Crippen molar-refractivity contribution in [3.63, 3.8) is 0 Å². The number of aromatic hydroxyl groups is 1. The molecule has 0 aliphatic carbocycles. The van der Waals surface area contributed by atoms with Crippen LogP contribution in [-0.2, 0) is 45.7 Å². The number of Topliss-reactive ketones (excluding diaryl/α,β-unsaturated/α-hetero) is 2. The first-order chi connectivity index (χ1) is 14.3. The largest absolute Gasteiger partial charge is 0.493 e. The number of primary amides is 1. The van der Waals surface area contributed by atoms with E-state index in [1.807, 2.05) is 0 Å². The average molecular weight is 437 g/mol. The summed E-state index contributed by atoms with van der Waals surface area (Å²) < 4.78 is 34.5. The standard InChI is InChI=1S/C17H16N3O9P/c18-15(23)12-16(24)20(8-19-12)17-14(22)13(21)11(29-17)7-28-30(25)26-5-9-3-1-2-4-10(9)6-27-30/h1-4,8,11,17,24H,5-7H2,(H2,18,23)/t11-,17-/m1/s1. The number of carbonyl (C=O) groups excluding carboxylic acids is 3. The number of aromatic nitrogens is 2. The Morgan fingerprint density at radius 1 is 1.23 bits per heavy atom. The van der Waals surface area contributed by atoms with Crippen LogP contribution in [0.3, 0.4) is 0 Å². The molecule has 0 saturated carbocycles. The summed E-state index contributed by atoms with van der Waals surface area (Å²) in [5, 5.41) is 9.98. The first kappa shape index (κ1) is 20.4. The van der Waals surface area contributed by atoms with Crippen LogP contribution in [0.1, 0.15) is 27.8 Å². The van der Waals surface area contributed by atoms with Gasteiger partial charge in [-0.3, -0.25) is 32.5 Å². The van der Waals surface area contributed by atoms with Crippen molar-refractivity contribution in [3.05, 3.63) is 47.4 Å². The number of phosphoric acid groups is 1. The van der Waals surface area contributed by atoms with Crippen LogP contribution in [0.25, 0.3) is 0 Å². The maximum absolute atomic E-state index is 12.7. The Labute approximate surface area is 169 Å². The van der Waals surface area contributed by atoms with Crippen molar-refractivity contribution >= 4 is 25.3 Å². The van der Waals surface area contributed by atoms with Gasteiger partial charge in [0.15, 0.2) is 11.8 Å². The number of hydrogen-bond donors (Lipinski definition) is 2. The number of nitrogens with zero attached hydrogens (tertiary/aromatic N) is 2. The fourth-order valence-corrected chi connectivity index (χ4v) is 4.11. The van der Waals surface area contributed by atoms with Gasteiger partial charge in [0.1, 0.15) is 6.33 Å². The maximum atomic E-state index is 12.7. The lowest BCUT2D eigenvalue weighted by atomic mass is 10.1. The van der Waals surface area contributed by atoms with E-state index in [2.05, 4.69) is 4.98 Å². The van der Waals surface area contributed by atoms with Crippen molar-refractivity contribution in [1.29, 1.82) is 0 Å². The average Bonchev–Trinajstić information content (AvgIpc) is 3.17. The molecular weight excluding hydrogens is 421 g/mol. The lowest BCUT2D eigenvalue weighted by molar-refractivity contribution is -0.136. The van der Waals surface area contributed by atoms with Gasteiger partial charge in [0.2, 0.25) is 17.9 Å². The smallest absolute Gasteiger partial charge is 0.475 e. The summed E-state index contributed by atoms with van der Waals surface area (Å²) in [7, 11) is -4.02. The van der Waals surface area contributed by atoms with Crippen LogP contribution >= 0.6 is 7.82 Å². The maximum Gasteiger partial charge on any atom is 0.475 e. The number of benzene rings is 1. The molecule has 2 aromatic rings. The highest BCUT2D eigenvalue weighted by Crippen LogP contribution is 2.53. The van der Waals surface area contributed by atoms with E-state index in [-0.39, 0.29) is 13.2 Å². The van der Waals surface area contributed by atoms with E-state index in [1.165, 1.54) is 0 Å². The van der Waals surface area contributed by atoms with Crippen molar-refractivity contribution < 1.29 is 42.4 Å². The minimum atomic E-state index is -4.02. The van der Waals surface area contributed by atoms with Gasteiger partial charge in [-0.1, -0.05) is 24.3 Å². The van der Waals surface area contributed by atoms with Crippen LogP contribution in [0, 0.1) is 0 Å². The molecule has 2 atom stereocenters. The molecule has 0 bridgehead atoms. The van der Waals surface area contributed by atoms with E-state index < -0.39 is 55.8 Å². The zero-order valence-corrected chi connectivity index (χ0v) is 16.2. The van der Waals surface area contributed by atoms with Crippen molar-refractivity contribution in [2.75, 3.05) is 6.61 Å². The van der Waals surface area contributed by atoms with E-state index in [4.69, 9.17) is 24.0 Å². The molecule has 1 aromatic carbocycles. The molecule has 1 amide bonds. The number of hydrogen-bond acceptors (Lipinski definition) is 10. The van der Waals surface area contributed by atoms with Crippen molar-refractivity contribution in [2.45, 2.75) is 25.5 Å². The molecule has 12 nitrogen and oxygen atoms in total. The molecule has 30 heavy (non-hydrogen) atoms. The van der Waals surface area contributed by atoms with E-state index in [9.17, 15) is 24.1 Å². The topological polar surface area (TPSA) is 169 Å². The minimum absolute atomic E-state index is 0.0206. The van der Waals surface area contributed by atoms with E-state index >= 15 is 0 Å². The molecule has 1 aromatic heterocycles. The Kier molecular flexibility index (Phi) is 5.26. The van der Waals surface area contributed by atoms with Crippen LogP contribution in [0.4, 0.5) is 0 Å². The van der Waals surface area contributed by atoms with Crippen molar-refractivity contribution in [1.82, 2.24) is 9.55 Å². The second-order valence-corrected chi connectivity index (χ2v) is 8.12.